The number of halogens is 1. The lowest BCUT2D eigenvalue weighted by atomic mass is 9.84. The molecule has 3 rings (SSSR count). The largest absolute Gasteiger partial charge is 0.508 e. The summed E-state index contributed by atoms with van der Waals surface area (Å²) in [6.07, 6.45) is 2.54. The SMILES string of the molecule is C=CCN1Cc2c(cc(O)c(O)c2Cl)C(c2ccc(O)cc2)C1.CS(=O)(=O)O. The first-order chi connectivity index (χ1) is 13.0. The minimum absolute atomic E-state index is 0.0108. The molecular formula is C19H22ClNO6S. The molecular weight excluding hydrogens is 406 g/mol. The average molecular weight is 428 g/mol. The fraction of sp³-hybridized carbons (Fsp3) is 0.263. The monoisotopic (exact) mass is 427 g/mol. The predicted molar refractivity (Wildman–Crippen MR) is 108 cm³/mol. The van der Waals surface area contributed by atoms with E-state index in [-0.39, 0.29) is 28.2 Å². The molecule has 4 N–H and O–H groups in total. The van der Waals surface area contributed by atoms with Crippen LogP contribution < -0.4 is 0 Å². The van der Waals surface area contributed by atoms with Gasteiger partial charge in [0, 0.05) is 25.6 Å². The van der Waals surface area contributed by atoms with E-state index in [2.05, 4.69) is 11.5 Å². The number of hydrogen-bond donors (Lipinski definition) is 4. The molecule has 0 saturated carbocycles. The molecule has 0 aliphatic carbocycles. The second-order valence-corrected chi connectivity index (χ2v) is 8.33. The van der Waals surface area contributed by atoms with Crippen LogP contribution in [-0.2, 0) is 16.7 Å². The summed E-state index contributed by atoms with van der Waals surface area (Å²) in [5.74, 6) is -0.298. The highest BCUT2D eigenvalue weighted by Gasteiger charge is 2.30. The van der Waals surface area contributed by atoms with Crippen molar-refractivity contribution in [2.75, 3.05) is 19.3 Å². The quantitative estimate of drug-likeness (QED) is 0.337. The Morgan fingerprint density at radius 3 is 2.36 bits per heavy atom. The maximum Gasteiger partial charge on any atom is 0.261 e. The van der Waals surface area contributed by atoms with Gasteiger partial charge in [0.05, 0.1) is 11.3 Å². The molecule has 1 unspecified atom stereocenters. The van der Waals surface area contributed by atoms with E-state index >= 15 is 0 Å². The normalized spacial score (nSPS) is 16.6. The van der Waals surface area contributed by atoms with Crippen LogP contribution in [0.1, 0.15) is 22.6 Å². The van der Waals surface area contributed by atoms with Crippen molar-refractivity contribution in [3.05, 3.63) is 64.7 Å². The Morgan fingerprint density at radius 1 is 1.25 bits per heavy atom. The van der Waals surface area contributed by atoms with E-state index in [0.29, 0.717) is 19.3 Å². The van der Waals surface area contributed by atoms with Crippen LogP contribution in [0.4, 0.5) is 0 Å². The molecule has 0 bridgehead atoms. The molecule has 2 aromatic carbocycles. The molecule has 0 saturated heterocycles. The molecule has 1 atom stereocenters. The van der Waals surface area contributed by atoms with E-state index in [1.165, 1.54) is 0 Å². The van der Waals surface area contributed by atoms with E-state index in [4.69, 9.17) is 16.2 Å². The summed E-state index contributed by atoms with van der Waals surface area (Å²) in [6.45, 7) is 5.80. The number of hydrogen-bond acceptors (Lipinski definition) is 6. The van der Waals surface area contributed by atoms with Gasteiger partial charge in [0.2, 0.25) is 0 Å². The van der Waals surface area contributed by atoms with Gasteiger partial charge in [-0.05, 0) is 34.9 Å². The van der Waals surface area contributed by atoms with Crippen LogP contribution in [0.25, 0.3) is 0 Å². The van der Waals surface area contributed by atoms with E-state index in [0.717, 1.165) is 23.2 Å². The van der Waals surface area contributed by atoms with Gasteiger partial charge in [0.25, 0.3) is 10.1 Å². The van der Waals surface area contributed by atoms with Gasteiger partial charge < -0.3 is 15.3 Å². The summed E-state index contributed by atoms with van der Waals surface area (Å²) in [5, 5.41) is 29.5. The number of rotatable bonds is 3. The Bertz CT molecular complexity index is 951. The van der Waals surface area contributed by atoms with Gasteiger partial charge in [-0.1, -0.05) is 29.8 Å². The molecule has 0 fully saturated rings. The number of nitrogens with zero attached hydrogens (tertiary/aromatic N) is 1. The first kappa shape index (κ1) is 22.0. The molecule has 0 spiro atoms. The molecule has 0 radical (unpaired) electrons. The average Bonchev–Trinajstić information content (AvgIpc) is 2.60. The molecule has 2 aromatic rings. The standard InChI is InChI=1S/C18H18ClNO3.CH4O3S/c1-2-7-20-9-14(11-3-5-12(21)6-4-11)13-8-16(22)18(23)17(19)15(13)10-20;1-5(2,3)4/h2-6,8,14,21-23H,1,7,9-10H2;1H3,(H,2,3,4). The number of phenolic OH excluding ortho intramolecular Hbond substituents is 3. The molecule has 1 aliphatic rings. The van der Waals surface area contributed by atoms with Crippen LogP contribution in [0, 0.1) is 0 Å². The highest BCUT2D eigenvalue weighted by molar-refractivity contribution is 7.85. The first-order valence-electron chi connectivity index (χ1n) is 8.29. The van der Waals surface area contributed by atoms with Crippen molar-refractivity contribution in [3.8, 4) is 17.2 Å². The summed E-state index contributed by atoms with van der Waals surface area (Å²) >= 11 is 6.26. The van der Waals surface area contributed by atoms with Crippen molar-refractivity contribution in [1.29, 1.82) is 0 Å². The summed E-state index contributed by atoms with van der Waals surface area (Å²) in [6, 6.07) is 8.59. The second kappa shape index (κ2) is 8.83. The molecule has 0 amide bonds. The highest BCUT2D eigenvalue weighted by Crippen LogP contribution is 2.44. The third kappa shape index (κ3) is 5.62. The minimum atomic E-state index is -3.67. The van der Waals surface area contributed by atoms with Crippen LogP contribution in [0.5, 0.6) is 17.2 Å². The van der Waals surface area contributed by atoms with Crippen molar-refractivity contribution >= 4 is 21.7 Å². The van der Waals surface area contributed by atoms with Crippen LogP contribution in [0.3, 0.4) is 0 Å². The van der Waals surface area contributed by atoms with Gasteiger partial charge in [-0.3, -0.25) is 9.45 Å². The predicted octanol–water partition coefficient (Wildman–Crippen LogP) is 3.09. The van der Waals surface area contributed by atoms with Gasteiger partial charge in [0.15, 0.2) is 11.5 Å². The maximum atomic E-state index is 9.93. The molecule has 28 heavy (non-hydrogen) atoms. The van der Waals surface area contributed by atoms with Crippen molar-refractivity contribution < 1.29 is 28.3 Å². The zero-order chi connectivity index (χ0) is 21.1. The number of benzene rings is 2. The zero-order valence-electron chi connectivity index (χ0n) is 15.2. The number of phenols is 3. The Kier molecular flexibility index (Phi) is 6.95. The van der Waals surface area contributed by atoms with Crippen molar-refractivity contribution in [2.24, 2.45) is 0 Å². The minimum Gasteiger partial charge on any atom is -0.508 e. The molecule has 9 heteroatoms. The molecule has 152 valence electrons. The van der Waals surface area contributed by atoms with E-state index in [9.17, 15) is 23.7 Å². The van der Waals surface area contributed by atoms with Crippen molar-refractivity contribution in [1.82, 2.24) is 4.90 Å². The second-order valence-electron chi connectivity index (χ2n) is 6.49. The van der Waals surface area contributed by atoms with Gasteiger partial charge in [-0.15, -0.1) is 6.58 Å². The van der Waals surface area contributed by atoms with E-state index < -0.39 is 10.1 Å². The zero-order valence-corrected chi connectivity index (χ0v) is 16.8. The number of aromatic hydroxyl groups is 3. The fourth-order valence-electron chi connectivity index (χ4n) is 3.11. The summed E-state index contributed by atoms with van der Waals surface area (Å²) < 4.78 is 25.9. The summed E-state index contributed by atoms with van der Waals surface area (Å²) in [5.41, 5.74) is 2.73. The van der Waals surface area contributed by atoms with Crippen LogP contribution >= 0.6 is 11.6 Å². The molecule has 7 nitrogen and oxygen atoms in total. The maximum absolute atomic E-state index is 9.93. The van der Waals surface area contributed by atoms with Gasteiger partial charge >= 0.3 is 0 Å². The summed E-state index contributed by atoms with van der Waals surface area (Å²) in [4.78, 5) is 2.18. The molecule has 1 aliphatic heterocycles. The lowest BCUT2D eigenvalue weighted by Gasteiger charge is -2.35. The van der Waals surface area contributed by atoms with Crippen molar-refractivity contribution in [2.45, 2.75) is 12.5 Å². The lowest BCUT2D eigenvalue weighted by Crippen LogP contribution is -2.34. The van der Waals surface area contributed by atoms with Gasteiger partial charge in [-0.25, -0.2) is 0 Å². The van der Waals surface area contributed by atoms with Crippen molar-refractivity contribution in [3.63, 3.8) is 0 Å². The fourth-order valence-corrected chi connectivity index (χ4v) is 3.38. The molecule has 0 aromatic heterocycles. The van der Waals surface area contributed by atoms with Crippen LogP contribution in [-0.4, -0.2) is 52.5 Å². The van der Waals surface area contributed by atoms with Crippen LogP contribution in [0.2, 0.25) is 5.02 Å². The van der Waals surface area contributed by atoms with E-state index in [1.807, 2.05) is 18.2 Å². The Morgan fingerprint density at radius 2 is 1.82 bits per heavy atom. The molecule has 1 heterocycles. The van der Waals surface area contributed by atoms with Gasteiger partial charge in [-0.2, -0.15) is 8.42 Å². The highest BCUT2D eigenvalue weighted by atomic mass is 35.5. The first-order valence-corrected chi connectivity index (χ1v) is 10.5. The Labute approximate surface area is 168 Å². The Balaban J connectivity index is 0.000000500. The van der Waals surface area contributed by atoms with Crippen LogP contribution in [0.15, 0.2) is 43.0 Å². The third-order valence-electron chi connectivity index (χ3n) is 4.24. The number of fused-ring (bicyclic) bond motifs is 1. The van der Waals surface area contributed by atoms with E-state index in [1.54, 1.807) is 18.2 Å². The third-order valence-corrected chi connectivity index (χ3v) is 4.64. The van der Waals surface area contributed by atoms with Gasteiger partial charge in [0.1, 0.15) is 5.75 Å². The summed E-state index contributed by atoms with van der Waals surface area (Å²) in [7, 11) is -3.67. The lowest BCUT2D eigenvalue weighted by molar-refractivity contribution is 0.265. The topological polar surface area (TPSA) is 118 Å². The Hall–Kier alpha value is -2.26. The smallest absolute Gasteiger partial charge is 0.261 e.